The number of ether oxygens (including phenoxy) is 1. The van der Waals surface area contributed by atoms with Gasteiger partial charge >= 0.3 is 0 Å². The average Bonchev–Trinajstić information content (AvgIpc) is 3.30. The van der Waals surface area contributed by atoms with Crippen molar-refractivity contribution in [1.29, 1.82) is 0 Å². The number of thiocarbonyl (C=S) groups is 1. The third kappa shape index (κ3) is 4.32. The second-order valence-corrected chi connectivity index (χ2v) is 8.61. The maximum Gasteiger partial charge on any atom is 0.263 e. The van der Waals surface area contributed by atoms with Gasteiger partial charge in [-0.05, 0) is 55.3 Å². The standard InChI is InChI=1S/C23H21N3O2S2/c1-3-11-28-19-10-9-16(12-15(19)2)21-17(13-20-22(27)24-23(29)30-20)14-26(25-21)18-7-5-4-6-8-18/h4-10,12-14H,3,11H2,1-2H3,(H,24,27,29). The fourth-order valence-corrected chi connectivity index (χ4v) is 4.20. The van der Waals surface area contributed by atoms with Crippen molar-refractivity contribution in [3.63, 3.8) is 0 Å². The number of nitrogens with one attached hydrogen (secondary N) is 1. The topological polar surface area (TPSA) is 56.1 Å². The van der Waals surface area contributed by atoms with E-state index in [1.54, 1.807) is 0 Å². The van der Waals surface area contributed by atoms with Crippen molar-refractivity contribution in [1.82, 2.24) is 15.1 Å². The van der Waals surface area contributed by atoms with Crippen molar-refractivity contribution in [3.05, 3.63) is 70.8 Å². The Morgan fingerprint density at radius 1 is 1.23 bits per heavy atom. The SMILES string of the molecule is CCCOc1ccc(-c2nn(-c3ccccc3)cc2C=C2SC(=S)NC2=O)cc1C. The van der Waals surface area contributed by atoms with Gasteiger partial charge in [0.25, 0.3) is 5.91 Å². The first kappa shape index (κ1) is 20.4. The summed E-state index contributed by atoms with van der Waals surface area (Å²) < 4.78 is 8.10. The fourth-order valence-electron chi connectivity index (χ4n) is 3.16. The van der Waals surface area contributed by atoms with Crippen LogP contribution in [0.3, 0.4) is 0 Å². The van der Waals surface area contributed by atoms with Crippen LogP contribution in [0.25, 0.3) is 23.0 Å². The summed E-state index contributed by atoms with van der Waals surface area (Å²) >= 11 is 6.39. The number of rotatable bonds is 6. The number of benzene rings is 2. The van der Waals surface area contributed by atoms with Gasteiger partial charge in [-0.3, -0.25) is 4.79 Å². The Kier molecular flexibility index (Phi) is 6.01. The number of para-hydroxylation sites is 1. The van der Waals surface area contributed by atoms with Gasteiger partial charge in [0, 0.05) is 17.3 Å². The van der Waals surface area contributed by atoms with Crippen LogP contribution in [0.1, 0.15) is 24.5 Å². The number of carbonyl (C=O) groups is 1. The second kappa shape index (κ2) is 8.85. The van der Waals surface area contributed by atoms with Gasteiger partial charge in [-0.15, -0.1) is 0 Å². The molecule has 4 rings (SSSR count). The van der Waals surface area contributed by atoms with Crippen LogP contribution in [0.5, 0.6) is 5.75 Å². The molecule has 1 amide bonds. The molecular formula is C23H21N3O2S2. The number of carbonyl (C=O) groups excluding carboxylic acids is 1. The van der Waals surface area contributed by atoms with E-state index in [2.05, 4.69) is 18.3 Å². The molecule has 1 aliphatic heterocycles. The first-order chi connectivity index (χ1) is 14.5. The molecule has 152 valence electrons. The first-order valence-electron chi connectivity index (χ1n) is 9.69. The largest absolute Gasteiger partial charge is 0.493 e. The molecule has 1 saturated heterocycles. The molecule has 0 unspecified atom stereocenters. The molecule has 1 N–H and O–H groups in total. The van der Waals surface area contributed by atoms with E-state index in [0.717, 1.165) is 40.2 Å². The third-order valence-electron chi connectivity index (χ3n) is 4.60. The molecule has 0 spiro atoms. The van der Waals surface area contributed by atoms with Crippen LogP contribution in [0.15, 0.2) is 59.6 Å². The van der Waals surface area contributed by atoms with Gasteiger partial charge in [-0.25, -0.2) is 4.68 Å². The van der Waals surface area contributed by atoms with Crippen molar-refractivity contribution < 1.29 is 9.53 Å². The lowest BCUT2D eigenvalue weighted by molar-refractivity contribution is -0.115. The number of hydrogen-bond acceptors (Lipinski definition) is 5. The number of amides is 1. The van der Waals surface area contributed by atoms with Crippen molar-refractivity contribution in [3.8, 4) is 22.7 Å². The predicted octanol–water partition coefficient (Wildman–Crippen LogP) is 5.13. The molecule has 0 aliphatic carbocycles. The molecule has 2 aromatic carbocycles. The van der Waals surface area contributed by atoms with Crippen LogP contribution in [0.4, 0.5) is 0 Å². The minimum Gasteiger partial charge on any atom is -0.493 e. The van der Waals surface area contributed by atoms with Crippen LogP contribution in [0.2, 0.25) is 0 Å². The minimum absolute atomic E-state index is 0.178. The zero-order valence-corrected chi connectivity index (χ0v) is 18.3. The summed E-state index contributed by atoms with van der Waals surface area (Å²) in [5.41, 5.74) is 4.60. The summed E-state index contributed by atoms with van der Waals surface area (Å²) in [5, 5.41) is 7.49. The molecule has 0 radical (unpaired) electrons. The Bertz CT molecular complexity index is 1140. The lowest BCUT2D eigenvalue weighted by Gasteiger charge is -2.09. The summed E-state index contributed by atoms with van der Waals surface area (Å²) in [6.45, 7) is 4.80. The Hall–Kier alpha value is -2.90. The van der Waals surface area contributed by atoms with E-state index in [4.69, 9.17) is 22.1 Å². The van der Waals surface area contributed by atoms with Gasteiger partial charge in [0.2, 0.25) is 0 Å². The van der Waals surface area contributed by atoms with Gasteiger partial charge in [-0.2, -0.15) is 5.10 Å². The lowest BCUT2D eigenvalue weighted by Crippen LogP contribution is -2.17. The molecule has 30 heavy (non-hydrogen) atoms. The molecule has 1 fully saturated rings. The summed E-state index contributed by atoms with van der Waals surface area (Å²) in [4.78, 5) is 12.7. The molecule has 0 bridgehead atoms. The van der Waals surface area contributed by atoms with Gasteiger partial charge in [0.15, 0.2) is 0 Å². The van der Waals surface area contributed by atoms with E-state index in [-0.39, 0.29) is 5.91 Å². The summed E-state index contributed by atoms with van der Waals surface area (Å²) in [7, 11) is 0. The number of aryl methyl sites for hydroxylation is 1. The Morgan fingerprint density at radius 2 is 2.03 bits per heavy atom. The molecule has 5 nitrogen and oxygen atoms in total. The van der Waals surface area contributed by atoms with E-state index in [9.17, 15) is 4.79 Å². The highest BCUT2D eigenvalue weighted by Gasteiger charge is 2.23. The van der Waals surface area contributed by atoms with Crippen LogP contribution < -0.4 is 10.1 Å². The normalized spacial score (nSPS) is 14.9. The van der Waals surface area contributed by atoms with E-state index >= 15 is 0 Å². The second-order valence-electron chi connectivity index (χ2n) is 6.89. The zero-order valence-electron chi connectivity index (χ0n) is 16.7. The lowest BCUT2D eigenvalue weighted by atomic mass is 10.0. The molecule has 3 aromatic rings. The number of nitrogens with zero attached hydrogens (tertiary/aromatic N) is 2. The third-order valence-corrected chi connectivity index (χ3v) is 5.76. The fraction of sp³-hybridized carbons (Fsp3) is 0.174. The molecule has 1 aliphatic rings. The number of thioether (sulfide) groups is 1. The summed E-state index contributed by atoms with van der Waals surface area (Å²) in [6.07, 6.45) is 4.74. The summed E-state index contributed by atoms with van der Waals surface area (Å²) in [6, 6.07) is 15.9. The molecule has 0 saturated carbocycles. The van der Waals surface area contributed by atoms with Crippen molar-refractivity contribution in [2.24, 2.45) is 0 Å². The average molecular weight is 436 g/mol. The monoisotopic (exact) mass is 435 g/mol. The molecular weight excluding hydrogens is 414 g/mol. The van der Waals surface area contributed by atoms with Crippen LogP contribution >= 0.6 is 24.0 Å². The van der Waals surface area contributed by atoms with E-state index in [1.807, 2.05) is 66.3 Å². The Labute approximate surface area is 185 Å². The molecule has 1 aromatic heterocycles. The van der Waals surface area contributed by atoms with Crippen molar-refractivity contribution >= 4 is 40.3 Å². The van der Waals surface area contributed by atoms with Gasteiger partial charge in [-0.1, -0.05) is 49.1 Å². The number of aromatic nitrogens is 2. The van der Waals surface area contributed by atoms with Gasteiger partial charge in [0.1, 0.15) is 15.8 Å². The van der Waals surface area contributed by atoms with Gasteiger partial charge in [0.05, 0.1) is 17.2 Å². The van der Waals surface area contributed by atoms with Crippen LogP contribution in [-0.4, -0.2) is 26.6 Å². The first-order valence-corrected chi connectivity index (χ1v) is 10.9. The molecule has 0 atom stereocenters. The smallest absolute Gasteiger partial charge is 0.263 e. The molecule has 7 heteroatoms. The maximum absolute atomic E-state index is 12.2. The van der Waals surface area contributed by atoms with Crippen LogP contribution in [0, 0.1) is 6.92 Å². The van der Waals surface area contributed by atoms with E-state index in [1.165, 1.54) is 11.8 Å². The van der Waals surface area contributed by atoms with Crippen molar-refractivity contribution in [2.75, 3.05) is 6.61 Å². The maximum atomic E-state index is 12.2. The minimum atomic E-state index is -0.178. The van der Waals surface area contributed by atoms with Crippen LogP contribution in [-0.2, 0) is 4.79 Å². The van der Waals surface area contributed by atoms with Crippen molar-refractivity contribution in [2.45, 2.75) is 20.3 Å². The van der Waals surface area contributed by atoms with E-state index in [0.29, 0.717) is 15.8 Å². The number of hydrogen-bond donors (Lipinski definition) is 1. The zero-order chi connectivity index (χ0) is 21.1. The highest BCUT2D eigenvalue weighted by molar-refractivity contribution is 8.26. The Morgan fingerprint density at radius 3 is 2.70 bits per heavy atom. The highest BCUT2D eigenvalue weighted by atomic mass is 32.2. The van der Waals surface area contributed by atoms with Gasteiger partial charge < -0.3 is 10.1 Å². The predicted molar refractivity (Wildman–Crippen MR) is 126 cm³/mol. The Balaban J connectivity index is 1.79. The molecule has 2 heterocycles. The highest BCUT2D eigenvalue weighted by Crippen LogP contribution is 2.32. The quantitative estimate of drug-likeness (QED) is 0.430. The van der Waals surface area contributed by atoms with E-state index < -0.39 is 0 Å². The summed E-state index contributed by atoms with van der Waals surface area (Å²) in [5.74, 6) is 0.696.